The maximum absolute atomic E-state index is 6.20. The average molecular weight is 289 g/mol. The van der Waals surface area contributed by atoms with E-state index in [-0.39, 0.29) is 6.10 Å². The molecule has 1 unspecified atom stereocenters. The third kappa shape index (κ3) is 3.22. The van der Waals surface area contributed by atoms with Crippen molar-refractivity contribution in [2.45, 2.75) is 25.4 Å². The van der Waals surface area contributed by atoms with Gasteiger partial charge in [0.1, 0.15) is 0 Å². The number of hydrogen-bond acceptors (Lipinski definition) is 3. The fourth-order valence-electron chi connectivity index (χ4n) is 2.30. The predicted octanol–water partition coefficient (Wildman–Crippen LogP) is 3.58. The van der Waals surface area contributed by atoms with E-state index in [9.17, 15) is 0 Å². The topological polar surface area (TPSA) is 38.5 Å². The highest BCUT2D eigenvalue weighted by molar-refractivity contribution is 6.39. The number of halogens is 2. The molecule has 0 radical (unpaired) electrons. The number of nitrogen functional groups attached to an aromatic ring is 1. The Balaban J connectivity index is 2.10. The second-order valence-corrected chi connectivity index (χ2v) is 5.52. The lowest BCUT2D eigenvalue weighted by molar-refractivity contribution is 0.0216. The van der Waals surface area contributed by atoms with Gasteiger partial charge in [0.05, 0.1) is 21.8 Å². The lowest BCUT2D eigenvalue weighted by Crippen LogP contribution is -2.33. The molecule has 1 fully saturated rings. The van der Waals surface area contributed by atoms with Crippen molar-refractivity contribution in [3.8, 4) is 0 Å². The van der Waals surface area contributed by atoms with Crippen LogP contribution in [-0.2, 0) is 4.74 Å². The van der Waals surface area contributed by atoms with Crippen molar-refractivity contribution >= 4 is 34.6 Å². The van der Waals surface area contributed by atoms with E-state index in [0.717, 1.165) is 31.7 Å². The van der Waals surface area contributed by atoms with Gasteiger partial charge in [0.25, 0.3) is 0 Å². The van der Waals surface area contributed by atoms with Gasteiger partial charge in [-0.3, -0.25) is 0 Å². The molecule has 0 aliphatic carbocycles. The first-order valence-electron chi connectivity index (χ1n) is 6.15. The number of hydrogen-bond donors (Lipinski definition) is 1. The molecule has 1 aromatic carbocycles. The highest BCUT2D eigenvalue weighted by atomic mass is 35.5. The predicted molar refractivity (Wildman–Crippen MR) is 77.7 cm³/mol. The number of likely N-dealkylation sites (N-methyl/N-ethyl adjacent to an activating group) is 1. The second kappa shape index (κ2) is 6.00. The number of anilines is 2. The van der Waals surface area contributed by atoms with Gasteiger partial charge in [-0.05, 0) is 31.4 Å². The van der Waals surface area contributed by atoms with Gasteiger partial charge in [0.15, 0.2) is 0 Å². The Labute approximate surface area is 118 Å². The lowest BCUT2D eigenvalue weighted by atomic mass is 10.1. The SMILES string of the molecule is CN(CC1CCCCO1)c1c(Cl)cc(N)cc1Cl. The third-order valence-corrected chi connectivity index (χ3v) is 3.75. The van der Waals surface area contributed by atoms with Gasteiger partial charge in [-0.2, -0.15) is 0 Å². The summed E-state index contributed by atoms with van der Waals surface area (Å²) in [7, 11) is 1.97. The Morgan fingerprint density at radius 3 is 2.56 bits per heavy atom. The molecule has 1 aliphatic rings. The summed E-state index contributed by atoms with van der Waals surface area (Å²) in [6.45, 7) is 1.64. The third-order valence-electron chi connectivity index (χ3n) is 3.17. The van der Waals surface area contributed by atoms with Crippen molar-refractivity contribution in [1.82, 2.24) is 0 Å². The van der Waals surface area contributed by atoms with E-state index in [1.807, 2.05) is 11.9 Å². The largest absolute Gasteiger partial charge is 0.399 e. The van der Waals surface area contributed by atoms with E-state index >= 15 is 0 Å². The summed E-state index contributed by atoms with van der Waals surface area (Å²) in [5.74, 6) is 0. The molecule has 0 spiro atoms. The van der Waals surface area contributed by atoms with Crippen molar-refractivity contribution in [2.24, 2.45) is 0 Å². The fraction of sp³-hybridized carbons (Fsp3) is 0.538. The molecule has 0 aromatic heterocycles. The monoisotopic (exact) mass is 288 g/mol. The zero-order valence-electron chi connectivity index (χ0n) is 10.5. The molecule has 0 bridgehead atoms. The summed E-state index contributed by atoms with van der Waals surface area (Å²) in [5, 5.41) is 1.16. The van der Waals surface area contributed by atoms with Crippen molar-refractivity contribution in [2.75, 3.05) is 30.8 Å². The van der Waals surface area contributed by atoms with Crippen LogP contribution in [-0.4, -0.2) is 26.3 Å². The van der Waals surface area contributed by atoms with Gasteiger partial charge in [0.2, 0.25) is 0 Å². The van der Waals surface area contributed by atoms with Crippen LogP contribution >= 0.6 is 23.2 Å². The Bertz CT molecular complexity index is 396. The van der Waals surface area contributed by atoms with Crippen LogP contribution in [0.5, 0.6) is 0 Å². The number of ether oxygens (including phenoxy) is 1. The van der Waals surface area contributed by atoms with Crippen molar-refractivity contribution < 1.29 is 4.74 Å². The van der Waals surface area contributed by atoms with E-state index in [1.165, 1.54) is 6.42 Å². The number of nitrogens with zero attached hydrogens (tertiary/aromatic N) is 1. The molecule has 1 saturated heterocycles. The Kier molecular flexibility index (Phi) is 4.60. The highest BCUT2D eigenvalue weighted by Gasteiger charge is 2.19. The van der Waals surface area contributed by atoms with Gasteiger partial charge in [-0.15, -0.1) is 0 Å². The van der Waals surface area contributed by atoms with Crippen LogP contribution in [0.1, 0.15) is 19.3 Å². The molecule has 1 atom stereocenters. The summed E-state index contributed by atoms with van der Waals surface area (Å²) in [6, 6.07) is 3.45. The lowest BCUT2D eigenvalue weighted by Gasteiger charge is -2.29. The molecular formula is C13H18Cl2N2O. The molecule has 100 valence electrons. The summed E-state index contributed by atoms with van der Waals surface area (Å²) < 4.78 is 5.72. The minimum atomic E-state index is 0.258. The summed E-state index contributed by atoms with van der Waals surface area (Å²) in [4.78, 5) is 2.04. The van der Waals surface area contributed by atoms with E-state index in [1.54, 1.807) is 12.1 Å². The molecule has 2 N–H and O–H groups in total. The van der Waals surface area contributed by atoms with E-state index in [0.29, 0.717) is 15.7 Å². The van der Waals surface area contributed by atoms with Crippen LogP contribution in [0.4, 0.5) is 11.4 Å². The van der Waals surface area contributed by atoms with Gasteiger partial charge >= 0.3 is 0 Å². The average Bonchev–Trinajstić information content (AvgIpc) is 2.28. The van der Waals surface area contributed by atoms with Gasteiger partial charge in [-0.25, -0.2) is 0 Å². The Morgan fingerprint density at radius 1 is 1.33 bits per heavy atom. The number of rotatable bonds is 3. The molecule has 2 rings (SSSR count). The van der Waals surface area contributed by atoms with Gasteiger partial charge in [-0.1, -0.05) is 23.2 Å². The normalized spacial score (nSPS) is 19.8. The summed E-state index contributed by atoms with van der Waals surface area (Å²) in [5.41, 5.74) is 7.10. The van der Waals surface area contributed by atoms with Crippen molar-refractivity contribution in [3.05, 3.63) is 22.2 Å². The fourth-order valence-corrected chi connectivity index (χ4v) is 3.09. The Hall–Kier alpha value is -0.640. The first-order valence-corrected chi connectivity index (χ1v) is 6.91. The Morgan fingerprint density at radius 2 is 2.00 bits per heavy atom. The van der Waals surface area contributed by atoms with Crippen LogP contribution in [0.15, 0.2) is 12.1 Å². The number of benzene rings is 1. The molecule has 1 heterocycles. The van der Waals surface area contributed by atoms with E-state index in [4.69, 9.17) is 33.7 Å². The van der Waals surface area contributed by atoms with Crippen molar-refractivity contribution in [3.63, 3.8) is 0 Å². The molecule has 1 aliphatic heterocycles. The molecule has 18 heavy (non-hydrogen) atoms. The first kappa shape index (κ1) is 13.8. The minimum Gasteiger partial charge on any atom is -0.399 e. The van der Waals surface area contributed by atoms with Crippen LogP contribution in [0.25, 0.3) is 0 Å². The zero-order valence-corrected chi connectivity index (χ0v) is 12.0. The van der Waals surface area contributed by atoms with Gasteiger partial charge < -0.3 is 15.4 Å². The van der Waals surface area contributed by atoms with Crippen LogP contribution in [0.2, 0.25) is 10.0 Å². The van der Waals surface area contributed by atoms with E-state index < -0.39 is 0 Å². The van der Waals surface area contributed by atoms with E-state index in [2.05, 4.69) is 0 Å². The smallest absolute Gasteiger partial charge is 0.0749 e. The van der Waals surface area contributed by atoms with Crippen molar-refractivity contribution in [1.29, 1.82) is 0 Å². The highest BCUT2D eigenvalue weighted by Crippen LogP contribution is 2.35. The molecule has 0 amide bonds. The number of nitrogens with two attached hydrogens (primary N) is 1. The molecular weight excluding hydrogens is 271 g/mol. The molecule has 0 saturated carbocycles. The molecule has 3 nitrogen and oxygen atoms in total. The molecule has 5 heteroatoms. The summed E-state index contributed by atoms with van der Waals surface area (Å²) >= 11 is 12.4. The first-order chi connectivity index (χ1) is 8.58. The maximum atomic E-state index is 6.20. The van der Waals surface area contributed by atoms with Crippen LogP contribution < -0.4 is 10.6 Å². The molecule has 1 aromatic rings. The maximum Gasteiger partial charge on any atom is 0.0749 e. The van der Waals surface area contributed by atoms with Gasteiger partial charge in [0, 0.05) is 25.9 Å². The standard InChI is InChI=1S/C13H18Cl2N2O/c1-17(8-10-4-2-3-5-18-10)13-11(14)6-9(16)7-12(13)15/h6-7,10H,2-5,8,16H2,1H3. The second-order valence-electron chi connectivity index (χ2n) is 4.70. The minimum absolute atomic E-state index is 0.258. The quantitative estimate of drug-likeness (QED) is 0.864. The van der Waals surface area contributed by atoms with Crippen LogP contribution in [0.3, 0.4) is 0 Å². The zero-order chi connectivity index (χ0) is 13.1. The van der Waals surface area contributed by atoms with Crippen LogP contribution in [0, 0.1) is 0 Å². The summed E-state index contributed by atoms with van der Waals surface area (Å²) in [6.07, 6.45) is 3.73.